The van der Waals surface area contributed by atoms with Gasteiger partial charge in [-0.1, -0.05) is 0 Å². The molecule has 1 fully saturated rings. The van der Waals surface area contributed by atoms with Crippen molar-refractivity contribution in [2.24, 2.45) is 13.0 Å². The lowest BCUT2D eigenvalue weighted by Gasteiger charge is -2.42. The summed E-state index contributed by atoms with van der Waals surface area (Å²) in [5.74, 6) is 0.828. The van der Waals surface area contributed by atoms with Gasteiger partial charge in [-0.15, -0.1) is 0 Å². The van der Waals surface area contributed by atoms with Crippen LogP contribution in [-0.4, -0.2) is 48.1 Å². The van der Waals surface area contributed by atoms with Crippen molar-refractivity contribution in [3.63, 3.8) is 0 Å². The molecule has 0 aliphatic carbocycles. The third-order valence-electron chi connectivity index (χ3n) is 5.92. The van der Waals surface area contributed by atoms with Gasteiger partial charge in [0.05, 0.1) is 17.3 Å². The van der Waals surface area contributed by atoms with Gasteiger partial charge in [-0.05, 0) is 30.5 Å². The van der Waals surface area contributed by atoms with Gasteiger partial charge in [0.1, 0.15) is 11.6 Å². The molecule has 8 nitrogen and oxygen atoms in total. The van der Waals surface area contributed by atoms with E-state index in [4.69, 9.17) is 0 Å². The number of aryl methyl sites for hydroxylation is 1. The van der Waals surface area contributed by atoms with Gasteiger partial charge in [0.25, 0.3) is 11.5 Å². The maximum Gasteiger partial charge on any atom is 0.261 e. The number of likely N-dealkylation sites (tertiary alicyclic amines) is 1. The molecule has 1 N–H and O–H groups in total. The van der Waals surface area contributed by atoms with Gasteiger partial charge in [0.2, 0.25) is 0 Å². The lowest BCUT2D eigenvalue weighted by atomic mass is 9.82. The number of imidazole rings is 1. The molecule has 3 aromatic rings. The van der Waals surface area contributed by atoms with E-state index in [0.29, 0.717) is 36.6 Å². The molecule has 2 atom stereocenters. The highest BCUT2D eigenvalue weighted by molar-refractivity contribution is 5.94. The van der Waals surface area contributed by atoms with Crippen molar-refractivity contribution in [2.45, 2.75) is 18.9 Å². The third kappa shape index (κ3) is 2.91. The molecule has 0 spiro atoms. The predicted octanol–water partition coefficient (Wildman–Crippen LogP) is 1.61. The summed E-state index contributed by atoms with van der Waals surface area (Å²) in [6.45, 7) is 1.72. The average Bonchev–Trinajstić information content (AvgIpc) is 3.14. The third-order valence-corrected chi connectivity index (χ3v) is 5.92. The molecule has 1 amide bonds. The number of piperidine rings is 1. The zero-order chi connectivity index (χ0) is 20.1. The molecule has 0 aromatic carbocycles. The summed E-state index contributed by atoms with van der Waals surface area (Å²) in [6.07, 6.45) is 7.26. The second-order valence-electron chi connectivity index (χ2n) is 7.89. The number of hydrogen-bond acceptors (Lipinski definition) is 5. The molecule has 5 heterocycles. The summed E-state index contributed by atoms with van der Waals surface area (Å²) in [4.78, 5) is 36.1. The van der Waals surface area contributed by atoms with Crippen molar-refractivity contribution in [2.75, 3.05) is 13.1 Å². The summed E-state index contributed by atoms with van der Waals surface area (Å²) in [6, 6.07) is 5.28. The lowest BCUT2D eigenvalue weighted by molar-refractivity contribution is 0.0594. The topological polar surface area (TPSA) is 93.3 Å². The van der Waals surface area contributed by atoms with Crippen LogP contribution in [0.5, 0.6) is 5.75 Å². The fraction of sp³-hybridized carbons (Fsp3) is 0.333. The number of amides is 1. The molecule has 2 aliphatic rings. The van der Waals surface area contributed by atoms with E-state index in [9.17, 15) is 14.7 Å². The number of fused-ring (bicyclic) bond motifs is 4. The van der Waals surface area contributed by atoms with Gasteiger partial charge >= 0.3 is 0 Å². The zero-order valence-electron chi connectivity index (χ0n) is 16.0. The molecular weight excluding hydrogens is 370 g/mol. The van der Waals surface area contributed by atoms with Crippen LogP contribution in [0.1, 0.15) is 28.4 Å². The summed E-state index contributed by atoms with van der Waals surface area (Å²) < 4.78 is 3.71. The van der Waals surface area contributed by atoms with Crippen LogP contribution in [0.15, 0.2) is 47.8 Å². The van der Waals surface area contributed by atoms with Crippen LogP contribution in [0.25, 0.3) is 11.4 Å². The first-order valence-electron chi connectivity index (χ1n) is 9.66. The molecule has 148 valence electrons. The largest absolute Gasteiger partial charge is 0.506 e. The lowest BCUT2D eigenvalue weighted by Crippen LogP contribution is -2.49. The van der Waals surface area contributed by atoms with E-state index in [1.807, 2.05) is 39.4 Å². The molecule has 3 aromatic heterocycles. The Balaban J connectivity index is 1.47. The van der Waals surface area contributed by atoms with Crippen LogP contribution in [0.2, 0.25) is 0 Å². The molecule has 1 saturated heterocycles. The van der Waals surface area contributed by atoms with E-state index in [-0.39, 0.29) is 29.1 Å². The minimum Gasteiger partial charge on any atom is -0.506 e. The van der Waals surface area contributed by atoms with Crippen molar-refractivity contribution in [1.82, 2.24) is 24.0 Å². The van der Waals surface area contributed by atoms with E-state index in [1.54, 1.807) is 6.20 Å². The minimum atomic E-state index is -0.136. The Kier molecular flexibility index (Phi) is 4.01. The second kappa shape index (κ2) is 6.58. The molecule has 0 radical (unpaired) electrons. The predicted molar refractivity (Wildman–Crippen MR) is 106 cm³/mol. The molecule has 0 unspecified atom stereocenters. The average molecular weight is 391 g/mol. The Hall–Kier alpha value is -3.42. The van der Waals surface area contributed by atoms with Crippen molar-refractivity contribution < 1.29 is 9.90 Å². The fourth-order valence-corrected chi connectivity index (χ4v) is 4.63. The van der Waals surface area contributed by atoms with E-state index in [1.165, 1.54) is 18.5 Å². The van der Waals surface area contributed by atoms with E-state index < -0.39 is 0 Å². The maximum atomic E-state index is 13.2. The Labute approximate surface area is 167 Å². The summed E-state index contributed by atoms with van der Waals surface area (Å²) >= 11 is 0. The second-order valence-corrected chi connectivity index (χ2v) is 7.89. The first kappa shape index (κ1) is 17.7. The van der Waals surface area contributed by atoms with Crippen LogP contribution < -0.4 is 5.56 Å². The van der Waals surface area contributed by atoms with Crippen LogP contribution in [0.4, 0.5) is 0 Å². The van der Waals surface area contributed by atoms with Gasteiger partial charge in [-0.25, -0.2) is 4.98 Å². The quantitative estimate of drug-likeness (QED) is 0.716. The Bertz CT molecular complexity index is 1170. The molecule has 29 heavy (non-hydrogen) atoms. The summed E-state index contributed by atoms with van der Waals surface area (Å²) in [5.41, 5.74) is 1.92. The van der Waals surface area contributed by atoms with E-state index in [2.05, 4.69) is 9.97 Å². The van der Waals surface area contributed by atoms with Gasteiger partial charge < -0.3 is 19.1 Å². The summed E-state index contributed by atoms with van der Waals surface area (Å²) in [5, 5.41) is 9.63. The molecule has 8 heteroatoms. The van der Waals surface area contributed by atoms with Gasteiger partial charge in [-0.3, -0.25) is 14.6 Å². The maximum absolute atomic E-state index is 13.2. The van der Waals surface area contributed by atoms with Crippen molar-refractivity contribution in [3.8, 4) is 17.1 Å². The van der Waals surface area contributed by atoms with Crippen molar-refractivity contribution in [3.05, 3.63) is 64.6 Å². The van der Waals surface area contributed by atoms with Gasteiger partial charge in [-0.2, -0.15) is 0 Å². The number of carbonyl (C=O) groups excluding carboxylic acids is 1. The number of nitrogens with zero attached hydrogens (tertiary/aromatic N) is 5. The molecule has 5 rings (SSSR count). The highest BCUT2D eigenvalue weighted by Crippen LogP contribution is 2.36. The normalized spacial score (nSPS) is 20.4. The summed E-state index contributed by atoms with van der Waals surface area (Å²) in [7, 11) is 1.88. The number of aromatic nitrogens is 4. The SMILES string of the molecule is Cn1ccnc1-c1ccc2n(c1=O)C[C@H]1C[C@@H]2CN(C(=O)c2cncc(O)c2)C1. The number of rotatable bonds is 2. The highest BCUT2D eigenvalue weighted by atomic mass is 16.3. The van der Waals surface area contributed by atoms with Crippen LogP contribution in [-0.2, 0) is 13.6 Å². The Morgan fingerprint density at radius 1 is 1.21 bits per heavy atom. The molecule has 2 aliphatic heterocycles. The minimum absolute atomic E-state index is 0.0215. The molecule has 2 bridgehead atoms. The van der Waals surface area contributed by atoms with E-state index in [0.717, 1.165) is 12.1 Å². The highest BCUT2D eigenvalue weighted by Gasteiger charge is 2.37. The zero-order valence-corrected chi connectivity index (χ0v) is 16.0. The standard InChI is InChI=1S/C21H21N5O3/c1-24-5-4-23-19(24)17-2-3-18-15-6-13(11-26(18)21(17)29)10-25(12-15)20(28)14-7-16(27)9-22-8-14/h2-5,7-9,13,15,27H,6,10-12H2,1H3/t13-,15+/m0/s1. The number of aromatic hydroxyl groups is 1. The van der Waals surface area contributed by atoms with E-state index >= 15 is 0 Å². The van der Waals surface area contributed by atoms with Gasteiger partial charge in [0.15, 0.2) is 0 Å². The van der Waals surface area contributed by atoms with Crippen molar-refractivity contribution in [1.29, 1.82) is 0 Å². The molecule has 0 saturated carbocycles. The monoisotopic (exact) mass is 391 g/mol. The fourth-order valence-electron chi connectivity index (χ4n) is 4.63. The van der Waals surface area contributed by atoms with Crippen molar-refractivity contribution >= 4 is 5.91 Å². The van der Waals surface area contributed by atoms with Crippen LogP contribution in [0, 0.1) is 5.92 Å². The van der Waals surface area contributed by atoms with Gasteiger partial charge in [0, 0.05) is 56.9 Å². The smallest absolute Gasteiger partial charge is 0.261 e. The number of pyridine rings is 2. The first-order valence-corrected chi connectivity index (χ1v) is 9.66. The number of carbonyl (C=O) groups is 1. The number of hydrogen-bond donors (Lipinski definition) is 1. The van der Waals surface area contributed by atoms with Crippen LogP contribution in [0.3, 0.4) is 0 Å². The van der Waals surface area contributed by atoms with Crippen LogP contribution >= 0.6 is 0 Å². The molecular formula is C21H21N5O3. The first-order chi connectivity index (χ1) is 14.0. The Morgan fingerprint density at radius 2 is 2.07 bits per heavy atom. The Morgan fingerprint density at radius 3 is 2.83 bits per heavy atom.